The highest BCUT2D eigenvalue weighted by Gasteiger charge is 2.23. The lowest BCUT2D eigenvalue weighted by molar-refractivity contribution is 0.212. The monoisotopic (exact) mass is 290 g/mol. The van der Waals surface area contributed by atoms with Crippen molar-refractivity contribution in [2.75, 3.05) is 27.1 Å². The number of nitrogens with two attached hydrogens (primary N) is 1. The summed E-state index contributed by atoms with van der Waals surface area (Å²) in [5.41, 5.74) is 6.83. The standard InChI is InChI=1S/C15H18N2O4/c1-19-11-7-6-9(13(20-2)14(11)21-3)12(18)10-5-4-8-17-15(10)16/h4-8,12,18H,1-3H3,(H2,16,17). The molecular formula is C15H18N2O4. The third-order valence-corrected chi connectivity index (χ3v) is 3.20. The van der Waals surface area contributed by atoms with Crippen LogP contribution in [0, 0.1) is 0 Å². The van der Waals surface area contributed by atoms with Gasteiger partial charge >= 0.3 is 0 Å². The van der Waals surface area contributed by atoms with Gasteiger partial charge in [-0.25, -0.2) is 4.98 Å². The molecule has 21 heavy (non-hydrogen) atoms. The minimum atomic E-state index is -0.978. The molecule has 1 atom stereocenters. The predicted molar refractivity (Wildman–Crippen MR) is 78.8 cm³/mol. The molecule has 0 spiro atoms. The Labute approximate surface area is 123 Å². The van der Waals surface area contributed by atoms with Crippen LogP contribution in [-0.2, 0) is 0 Å². The Kier molecular flexibility index (Phi) is 4.49. The SMILES string of the molecule is COc1ccc(C(O)c2cccnc2N)c(OC)c1OC. The average molecular weight is 290 g/mol. The van der Waals surface area contributed by atoms with Crippen LogP contribution < -0.4 is 19.9 Å². The van der Waals surface area contributed by atoms with Crippen molar-refractivity contribution in [3.8, 4) is 17.2 Å². The van der Waals surface area contributed by atoms with Crippen molar-refractivity contribution >= 4 is 5.82 Å². The van der Waals surface area contributed by atoms with Gasteiger partial charge in [0.2, 0.25) is 5.75 Å². The summed E-state index contributed by atoms with van der Waals surface area (Å²) in [5.74, 6) is 1.60. The number of aliphatic hydroxyl groups is 1. The Hall–Kier alpha value is -2.47. The Balaban J connectivity index is 2.56. The summed E-state index contributed by atoms with van der Waals surface area (Å²) in [5, 5.41) is 10.6. The van der Waals surface area contributed by atoms with E-state index >= 15 is 0 Å². The van der Waals surface area contributed by atoms with Gasteiger partial charge in [0.25, 0.3) is 0 Å². The van der Waals surface area contributed by atoms with E-state index in [1.54, 1.807) is 30.5 Å². The zero-order valence-corrected chi connectivity index (χ0v) is 12.2. The van der Waals surface area contributed by atoms with E-state index in [2.05, 4.69) is 4.98 Å². The molecule has 0 fully saturated rings. The van der Waals surface area contributed by atoms with Crippen LogP contribution in [0.5, 0.6) is 17.2 Å². The molecule has 1 unspecified atom stereocenters. The number of hydrogen-bond donors (Lipinski definition) is 2. The van der Waals surface area contributed by atoms with E-state index in [1.807, 2.05) is 0 Å². The molecule has 0 saturated carbocycles. The van der Waals surface area contributed by atoms with Gasteiger partial charge in [-0.3, -0.25) is 0 Å². The minimum absolute atomic E-state index is 0.266. The van der Waals surface area contributed by atoms with E-state index in [-0.39, 0.29) is 5.82 Å². The largest absolute Gasteiger partial charge is 0.493 e. The molecule has 0 aliphatic rings. The molecular weight excluding hydrogens is 272 g/mol. The predicted octanol–water partition coefficient (Wildman–Crippen LogP) is 1.77. The highest BCUT2D eigenvalue weighted by atomic mass is 16.5. The van der Waals surface area contributed by atoms with Crippen molar-refractivity contribution in [1.82, 2.24) is 4.98 Å². The molecule has 112 valence electrons. The van der Waals surface area contributed by atoms with Gasteiger partial charge in [0.1, 0.15) is 11.9 Å². The lowest BCUT2D eigenvalue weighted by Crippen LogP contribution is -2.08. The molecule has 2 rings (SSSR count). The summed E-state index contributed by atoms with van der Waals surface area (Å²) >= 11 is 0. The highest BCUT2D eigenvalue weighted by Crippen LogP contribution is 2.43. The van der Waals surface area contributed by atoms with E-state index in [4.69, 9.17) is 19.9 Å². The van der Waals surface area contributed by atoms with Gasteiger partial charge in [-0.05, 0) is 18.2 Å². The number of aromatic nitrogens is 1. The number of anilines is 1. The van der Waals surface area contributed by atoms with Crippen LogP contribution in [0.4, 0.5) is 5.82 Å². The number of benzene rings is 1. The maximum Gasteiger partial charge on any atom is 0.203 e. The maximum atomic E-state index is 10.6. The van der Waals surface area contributed by atoms with Gasteiger partial charge in [-0.15, -0.1) is 0 Å². The molecule has 6 nitrogen and oxygen atoms in total. The fourth-order valence-corrected chi connectivity index (χ4v) is 2.17. The number of hydrogen-bond acceptors (Lipinski definition) is 6. The first-order chi connectivity index (χ1) is 10.1. The number of rotatable bonds is 5. The van der Waals surface area contributed by atoms with Crippen LogP contribution in [0.15, 0.2) is 30.5 Å². The van der Waals surface area contributed by atoms with Crippen molar-refractivity contribution in [2.24, 2.45) is 0 Å². The number of nitrogens with zero attached hydrogens (tertiary/aromatic N) is 1. The van der Waals surface area contributed by atoms with Gasteiger partial charge in [0.15, 0.2) is 11.5 Å². The first-order valence-corrected chi connectivity index (χ1v) is 6.31. The molecule has 0 amide bonds. The maximum absolute atomic E-state index is 10.6. The zero-order valence-electron chi connectivity index (χ0n) is 12.2. The zero-order chi connectivity index (χ0) is 15.4. The molecule has 1 aromatic heterocycles. The average Bonchev–Trinajstić information content (AvgIpc) is 2.52. The van der Waals surface area contributed by atoms with E-state index in [0.717, 1.165) is 0 Å². The van der Waals surface area contributed by atoms with Crippen LogP contribution >= 0.6 is 0 Å². The van der Waals surface area contributed by atoms with Crippen molar-refractivity contribution in [1.29, 1.82) is 0 Å². The van der Waals surface area contributed by atoms with E-state index in [9.17, 15) is 5.11 Å². The topological polar surface area (TPSA) is 86.8 Å². The number of pyridine rings is 1. The lowest BCUT2D eigenvalue weighted by atomic mass is 10.0. The second kappa shape index (κ2) is 6.32. The third kappa shape index (κ3) is 2.71. The number of methoxy groups -OCH3 is 3. The number of aliphatic hydroxyl groups excluding tert-OH is 1. The summed E-state index contributed by atoms with van der Waals surface area (Å²) in [7, 11) is 4.54. The summed E-state index contributed by atoms with van der Waals surface area (Å²) in [4.78, 5) is 3.98. The van der Waals surface area contributed by atoms with Crippen LogP contribution in [0.1, 0.15) is 17.2 Å². The van der Waals surface area contributed by atoms with Crippen LogP contribution in [0.2, 0.25) is 0 Å². The molecule has 3 N–H and O–H groups in total. The Morgan fingerprint density at radius 3 is 2.29 bits per heavy atom. The smallest absolute Gasteiger partial charge is 0.203 e. The normalized spacial score (nSPS) is 11.8. The van der Waals surface area contributed by atoms with E-state index < -0.39 is 6.10 Å². The quantitative estimate of drug-likeness (QED) is 0.872. The summed E-state index contributed by atoms with van der Waals surface area (Å²) in [6.45, 7) is 0. The van der Waals surface area contributed by atoms with Gasteiger partial charge in [0, 0.05) is 17.3 Å². The van der Waals surface area contributed by atoms with Crippen LogP contribution in [0.25, 0.3) is 0 Å². The minimum Gasteiger partial charge on any atom is -0.493 e. The van der Waals surface area contributed by atoms with Crippen molar-refractivity contribution in [3.63, 3.8) is 0 Å². The molecule has 6 heteroatoms. The van der Waals surface area contributed by atoms with Gasteiger partial charge in [-0.2, -0.15) is 0 Å². The van der Waals surface area contributed by atoms with Crippen LogP contribution in [-0.4, -0.2) is 31.4 Å². The molecule has 0 aliphatic carbocycles. The fourth-order valence-electron chi connectivity index (χ4n) is 2.17. The van der Waals surface area contributed by atoms with Crippen molar-refractivity contribution in [2.45, 2.75) is 6.10 Å². The summed E-state index contributed by atoms with van der Waals surface area (Å²) in [6.07, 6.45) is 0.589. The molecule has 1 heterocycles. The molecule has 2 aromatic rings. The molecule has 0 aliphatic heterocycles. The summed E-state index contributed by atoms with van der Waals surface area (Å²) in [6, 6.07) is 6.83. The van der Waals surface area contributed by atoms with Crippen molar-refractivity contribution < 1.29 is 19.3 Å². The second-order valence-electron chi connectivity index (χ2n) is 4.30. The van der Waals surface area contributed by atoms with E-state index in [0.29, 0.717) is 28.4 Å². The first kappa shape index (κ1) is 14.9. The molecule has 0 bridgehead atoms. The third-order valence-electron chi connectivity index (χ3n) is 3.20. The Morgan fingerprint density at radius 2 is 1.71 bits per heavy atom. The van der Waals surface area contributed by atoms with Crippen molar-refractivity contribution in [3.05, 3.63) is 41.6 Å². The number of nitrogen functional groups attached to an aromatic ring is 1. The van der Waals surface area contributed by atoms with Gasteiger partial charge in [0.05, 0.1) is 21.3 Å². The van der Waals surface area contributed by atoms with Gasteiger partial charge in [-0.1, -0.05) is 6.07 Å². The highest BCUT2D eigenvalue weighted by molar-refractivity contribution is 5.59. The Morgan fingerprint density at radius 1 is 1.00 bits per heavy atom. The van der Waals surface area contributed by atoms with Gasteiger partial charge < -0.3 is 25.1 Å². The number of ether oxygens (including phenoxy) is 3. The molecule has 0 saturated heterocycles. The summed E-state index contributed by atoms with van der Waals surface area (Å²) < 4.78 is 15.9. The van der Waals surface area contributed by atoms with E-state index in [1.165, 1.54) is 21.3 Å². The lowest BCUT2D eigenvalue weighted by Gasteiger charge is -2.19. The second-order valence-corrected chi connectivity index (χ2v) is 4.30. The molecule has 1 aromatic carbocycles. The fraction of sp³-hybridized carbons (Fsp3) is 0.267. The molecule has 0 radical (unpaired) electrons. The van der Waals surface area contributed by atoms with Crippen LogP contribution in [0.3, 0.4) is 0 Å². The Bertz CT molecular complexity index is 631. The first-order valence-electron chi connectivity index (χ1n) is 6.31.